The topological polar surface area (TPSA) is 86.7 Å². The highest BCUT2D eigenvalue weighted by atomic mass is 16.3. The second-order valence-corrected chi connectivity index (χ2v) is 3.18. The number of hydrogen-bond acceptors (Lipinski definition) is 4. The Morgan fingerprint density at radius 1 is 1.36 bits per heavy atom. The van der Waals surface area contributed by atoms with Gasteiger partial charge in [0.15, 0.2) is 0 Å². The van der Waals surface area contributed by atoms with Crippen molar-refractivity contribution >= 4 is 0 Å². The van der Waals surface area contributed by atoms with Crippen molar-refractivity contribution in [2.75, 3.05) is 13.2 Å². The quantitative estimate of drug-likeness (QED) is 0.426. The van der Waals surface area contributed by atoms with Gasteiger partial charge in [0.25, 0.3) is 0 Å². The van der Waals surface area contributed by atoms with E-state index in [0.717, 1.165) is 0 Å². The van der Waals surface area contributed by atoms with Crippen LogP contribution in [0.15, 0.2) is 0 Å². The fourth-order valence-electron chi connectivity index (χ4n) is 0. The van der Waals surface area contributed by atoms with E-state index in [4.69, 9.17) is 21.1 Å². The van der Waals surface area contributed by atoms with Gasteiger partial charge in [0.1, 0.15) is 0 Å². The number of hydrogen-bond donors (Lipinski definition) is 4. The van der Waals surface area contributed by atoms with E-state index in [2.05, 4.69) is 0 Å². The van der Waals surface area contributed by atoms with Gasteiger partial charge in [-0.05, 0) is 20.8 Å². The average Bonchev–Trinajstić information content (AvgIpc) is 1.88. The zero-order valence-corrected chi connectivity index (χ0v) is 7.41. The summed E-state index contributed by atoms with van der Waals surface area (Å²) in [7, 11) is 0. The molecule has 0 rings (SSSR count). The second-order valence-electron chi connectivity index (χ2n) is 3.18. The van der Waals surface area contributed by atoms with Gasteiger partial charge in [-0.15, -0.1) is 0 Å². The van der Waals surface area contributed by atoms with E-state index < -0.39 is 11.6 Å². The normalized spacial score (nSPS) is 13.4. The maximum Gasteiger partial charge on any atom is 0.0742 e. The van der Waals surface area contributed by atoms with Gasteiger partial charge in [-0.2, -0.15) is 0 Å². The molecule has 0 heterocycles. The molecule has 0 aliphatic carbocycles. The minimum atomic E-state index is -0.560. The van der Waals surface area contributed by atoms with Gasteiger partial charge in [-0.1, -0.05) is 0 Å². The van der Waals surface area contributed by atoms with E-state index in [0.29, 0.717) is 0 Å². The first-order valence-corrected chi connectivity index (χ1v) is 3.52. The SMILES string of the molecule is CC(C)(N)CO.CC(O)CO. The summed E-state index contributed by atoms with van der Waals surface area (Å²) in [5, 5.41) is 24.3. The number of aliphatic hydroxyl groups excluding tert-OH is 3. The molecule has 4 heteroatoms. The molecule has 0 fully saturated rings. The maximum atomic E-state index is 8.28. The van der Waals surface area contributed by atoms with Crippen LogP contribution in [0.4, 0.5) is 0 Å². The van der Waals surface area contributed by atoms with Crippen molar-refractivity contribution in [1.82, 2.24) is 0 Å². The smallest absolute Gasteiger partial charge is 0.0742 e. The van der Waals surface area contributed by atoms with Crippen molar-refractivity contribution in [3.8, 4) is 0 Å². The number of nitrogens with two attached hydrogens (primary N) is 1. The lowest BCUT2D eigenvalue weighted by Gasteiger charge is -2.12. The van der Waals surface area contributed by atoms with Gasteiger partial charge in [0, 0.05) is 5.54 Å². The Morgan fingerprint density at radius 2 is 1.55 bits per heavy atom. The Morgan fingerprint density at radius 3 is 1.55 bits per heavy atom. The van der Waals surface area contributed by atoms with Crippen molar-refractivity contribution < 1.29 is 15.3 Å². The third-order valence-corrected chi connectivity index (χ3v) is 0.672. The standard InChI is InChI=1S/C4H11NO.C3H8O2/c1-4(2,5)3-6;1-3(5)2-4/h6H,3,5H2,1-2H3;3-5H,2H2,1H3. The second kappa shape index (κ2) is 6.54. The highest BCUT2D eigenvalue weighted by molar-refractivity contribution is 4.67. The summed E-state index contributed by atoms with van der Waals surface area (Å²) in [5.41, 5.74) is 4.88. The van der Waals surface area contributed by atoms with Crippen LogP contribution in [0, 0.1) is 0 Å². The molecule has 4 nitrogen and oxygen atoms in total. The van der Waals surface area contributed by atoms with Gasteiger partial charge >= 0.3 is 0 Å². The number of rotatable bonds is 2. The van der Waals surface area contributed by atoms with Crippen LogP contribution in [0.1, 0.15) is 20.8 Å². The first kappa shape index (κ1) is 13.4. The summed E-state index contributed by atoms with van der Waals surface area (Å²) in [6, 6.07) is 0. The number of aliphatic hydroxyl groups is 3. The Bertz CT molecular complexity index is 78.2. The molecule has 0 radical (unpaired) electrons. The van der Waals surface area contributed by atoms with Crippen LogP contribution in [0.3, 0.4) is 0 Å². The Hall–Kier alpha value is -0.160. The Balaban J connectivity index is 0. The van der Waals surface area contributed by atoms with Gasteiger partial charge < -0.3 is 21.1 Å². The lowest BCUT2D eigenvalue weighted by Crippen LogP contribution is -2.35. The largest absolute Gasteiger partial charge is 0.394 e. The molecule has 0 aliphatic rings. The summed E-state index contributed by atoms with van der Waals surface area (Å²) in [6.45, 7) is 4.98. The molecule has 0 amide bonds. The van der Waals surface area contributed by atoms with Gasteiger partial charge in [-0.3, -0.25) is 0 Å². The molecule has 1 unspecified atom stereocenters. The summed E-state index contributed by atoms with van der Waals surface area (Å²) in [6.07, 6.45) is -0.560. The molecule has 5 N–H and O–H groups in total. The molecular formula is C7H19NO3. The van der Waals surface area contributed by atoms with Gasteiger partial charge in [0.05, 0.1) is 19.3 Å². The minimum absolute atomic E-state index is 0.0486. The van der Waals surface area contributed by atoms with Crippen LogP contribution in [0.2, 0.25) is 0 Å². The van der Waals surface area contributed by atoms with Crippen molar-refractivity contribution in [2.24, 2.45) is 5.73 Å². The highest BCUT2D eigenvalue weighted by Gasteiger charge is 2.05. The van der Waals surface area contributed by atoms with E-state index in [9.17, 15) is 0 Å². The van der Waals surface area contributed by atoms with Crippen LogP contribution >= 0.6 is 0 Å². The molecular weight excluding hydrogens is 146 g/mol. The summed E-state index contributed by atoms with van der Waals surface area (Å²) in [4.78, 5) is 0. The van der Waals surface area contributed by atoms with Crippen LogP contribution in [0.25, 0.3) is 0 Å². The van der Waals surface area contributed by atoms with Crippen molar-refractivity contribution in [2.45, 2.75) is 32.4 Å². The van der Waals surface area contributed by atoms with Crippen LogP contribution < -0.4 is 5.73 Å². The predicted molar refractivity (Wildman–Crippen MR) is 44.1 cm³/mol. The average molecular weight is 165 g/mol. The third kappa shape index (κ3) is 25.8. The fourth-order valence-corrected chi connectivity index (χ4v) is 0. The van der Waals surface area contributed by atoms with Crippen LogP contribution in [0.5, 0.6) is 0 Å². The van der Waals surface area contributed by atoms with Gasteiger partial charge in [0.2, 0.25) is 0 Å². The Labute approximate surface area is 67.7 Å². The van der Waals surface area contributed by atoms with E-state index in [1.54, 1.807) is 13.8 Å². The molecule has 0 aromatic carbocycles. The molecule has 0 bridgehead atoms. The molecule has 0 saturated heterocycles. The van der Waals surface area contributed by atoms with Crippen molar-refractivity contribution in [3.63, 3.8) is 0 Å². The third-order valence-electron chi connectivity index (χ3n) is 0.672. The summed E-state index contributed by atoms with van der Waals surface area (Å²) in [5.74, 6) is 0. The van der Waals surface area contributed by atoms with E-state index in [1.807, 2.05) is 0 Å². The molecule has 0 aliphatic heterocycles. The van der Waals surface area contributed by atoms with Crippen LogP contribution in [-0.4, -0.2) is 40.2 Å². The molecule has 1 atom stereocenters. The minimum Gasteiger partial charge on any atom is -0.394 e. The molecule has 0 aromatic rings. The maximum absolute atomic E-state index is 8.28. The summed E-state index contributed by atoms with van der Waals surface area (Å²) < 4.78 is 0. The first-order chi connectivity index (χ1) is 4.83. The predicted octanol–water partition coefficient (Wildman–Crippen LogP) is -0.925. The van der Waals surface area contributed by atoms with E-state index >= 15 is 0 Å². The first-order valence-electron chi connectivity index (χ1n) is 3.52. The van der Waals surface area contributed by atoms with Crippen molar-refractivity contribution in [3.05, 3.63) is 0 Å². The molecule has 0 saturated carbocycles. The fraction of sp³-hybridized carbons (Fsp3) is 1.00. The van der Waals surface area contributed by atoms with Crippen molar-refractivity contribution in [1.29, 1.82) is 0 Å². The van der Waals surface area contributed by atoms with E-state index in [1.165, 1.54) is 6.92 Å². The zero-order valence-electron chi connectivity index (χ0n) is 7.41. The molecule has 0 aromatic heterocycles. The van der Waals surface area contributed by atoms with E-state index in [-0.39, 0.29) is 13.2 Å². The lowest BCUT2D eigenvalue weighted by atomic mass is 10.1. The Kier molecular flexibility index (Phi) is 7.99. The monoisotopic (exact) mass is 165 g/mol. The molecule has 0 spiro atoms. The van der Waals surface area contributed by atoms with Gasteiger partial charge in [-0.25, -0.2) is 0 Å². The summed E-state index contributed by atoms with van der Waals surface area (Å²) >= 11 is 0. The highest BCUT2D eigenvalue weighted by Crippen LogP contribution is 1.89. The van der Waals surface area contributed by atoms with Crippen LogP contribution in [-0.2, 0) is 0 Å². The lowest BCUT2D eigenvalue weighted by molar-refractivity contribution is 0.110. The zero-order chi connectivity index (χ0) is 9.49. The molecule has 70 valence electrons. The molecule has 11 heavy (non-hydrogen) atoms.